The number of nitrogens with one attached hydrogen (secondary N) is 3. The second-order valence-corrected chi connectivity index (χ2v) is 11.5. The highest BCUT2D eigenvalue weighted by molar-refractivity contribution is 6.64. The van der Waals surface area contributed by atoms with Crippen LogP contribution < -0.4 is 10.6 Å². The maximum absolute atomic E-state index is 15.1. The molecule has 3 aromatic heterocycles. The molecule has 0 aromatic carbocycles. The fourth-order valence-corrected chi connectivity index (χ4v) is 6.13. The van der Waals surface area contributed by atoms with Gasteiger partial charge in [-0.2, -0.15) is 14.6 Å². The van der Waals surface area contributed by atoms with E-state index in [4.69, 9.17) is 0 Å². The maximum atomic E-state index is 15.1. The van der Waals surface area contributed by atoms with Crippen LogP contribution in [0.25, 0.3) is 11.1 Å². The Bertz CT molecular complexity index is 1430. The van der Waals surface area contributed by atoms with Crippen LogP contribution in [-0.2, 0) is 16.1 Å². The Morgan fingerprint density at radius 1 is 1.17 bits per heavy atom. The second kappa shape index (κ2) is 11.2. The van der Waals surface area contributed by atoms with Crippen molar-refractivity contribution in [2.75, 3.05) is 18.4 Å². The molecule has 0 bridgehead atoms. The molecule has 3 fully saturated rings. The molecule has 1 atom stereocenters. The minimum atomic E-state index is -0.782. The van der Waals surface area contributed by atoms with Crippen LogP contribution in [0, 0.1) is 43.5 Å². The van der Waals surface area contributed by atoms with Gasteiger partial charge in [0.15, 0.2) is 0 Å². The summed E-state index contributed by atoms with van der Waals surface area (Å²) in [6.07, 6.45) is 6.46. The van der Waals surface area contributed by atoms with Gasteiger partial charge in [-0.1, -0.05) is 0 Å². The number of nitrogens with zero attached hydrogens (tertiary/aromatic N) is 5. The third-order valence-electron chi connectivity index (χ3n) is 8.42. The van der Waals surface area contributed by atoms with Crippen LogP contribution in [0.1, 0.15) is 47.6 Å². The number of rotatable bonds is 12. The van der Waals surface area contributed by atoms with Crippen molar-refractivity contribution in [3.8, 4) is 11.1 Å². The van der Waals surface area contributed by atoms with Gasteiger partial charge in [-0.15, -0.1) is 0 Å². The standard InChI is InChI=1S/C28H33BFN8O3/c1-15-23(16(2)36-35-15)20-7-8-22(32-26(20)30)33-28(41)25(24(18-3-4-18)19-5-6-19)34-27(40)21-9-10-31-38(21)13-17-11-37(12-17)29-14-39/h7-10,14,17-19,24-25H,3-6,11-13H2,1-2H3,(H,34,40)(H,35,36)(H,32,33,41)/t25-/m0/s1. The van der Waals surface area contributed by atoms with Crippen LogP contribution in [-0.4, -0.2) is 74.3 Å². The van der Waals surface area contributed by atoms with Gasteiger partial charge in [0.2, 0.25) is 11.9 Å². The van der Waals surface area contributed by atoms with Gasteiger partial charge in [0.05, 0.1) is 11.9 Å². The molecule has 213 valence electrons. The fraction of sp³-hybridized carbons (Fsp3) is 0.500. The molecule has 0 spiro atoms. The molecule has 1 radical (unpaired) electrons. The predicted octanol–water partition coefficient (Wildman–Crippen LogP) is 2.34. The smallest absolute Gasteiger partial charge is 0.293 e. The molecular weight excluding hydrogens is 526 g/mol. The van der Waals surface area contributed by atoms with E-state index in [2.05, 4.69) is 30.9 Å². The van der Waals surface area contributed by atoms with Gasteiger partial charge in [-0.25, -0.2) is 4.98 Å². The number of hydrogen-bond donors (Lipinski definition) is 3. The SMILES string of the molecule is Cc1n[nH]c(C)c1-c1ccc(NC(=O)[C@@H](NC(=O)c2ccnn2CC2CN([B]C=O)C2)C(C2CC2)C2CC2)nc1F. The second-order valence-electron chi connectivity index (χ2n) is 11.5. The van der Waals surface area contributed by atoms with E-state index in [0.29, 0.717) is 40.9 Å². The van der Waals surface area contributed by atoms with E-state index >= 15 is 4.39 Å². The lowest BCUT2D eigenvalue weighted by molar-refractivity contribution is -0.119. The molecule has 3 aromatic rings. The molecule has 3 N–H and O–H groups in total. The molecule has 1 aliphatic heterocycles. The Morgan fingerprint density at radius 3 is 2.51 bits per heavy atom. The number of aryl methyl sites for hydroxylation is 2. The van der Waals surface area contributed by atoms with Crippen LogP contribution >= 0.6 is 0 Å². The van der Waals surface area contributed by atoms with Crippen molar-refractivity contribution in [3.63, 3.8) is 0 Å². The molecule has 2 aliphatic carbocycles. The molecule has 0 unspecified atom stereocenters. The van der Waals surface area contributed by atoms with Gasteiger partial charge < -0.3 is 20.2 Å². The van der Waals surface area contributed by atoms with E-state index in [9.17, 15) is 14.4 Å². The molecular formula is C28H33BFN8O3. The third kappa shape index (κ3) is 5.81. The van der Waals surface area contributed by atoms with Crippen molar-refractivity contribution in [1.29, 1.82) is 0 Å². The highest BCUT2D eigenvalue weighted by atomic mass is 19.1. The minimum absolute atomic E-state index is 0.00902. The summed E-state index contributed by atoms with van der Waals surface area (Å²) >= 11 is 0. The fourth-order valence-electron chi connectivity index (χ4n) is 6.13. The lowest BCUT2D eigenvalue weighted by atomic mass is 9.84. The van der Waals surface area contributed by atoms with Crippen molar-refractivity contribution in [1.82, 2.24) is 35.1 Å². The summed E-state index contributed by atoms with van der Waals surface area (Å²) in [6, 6.07) is 4.03. The first kappa shape index (κ1) is 27.3. The first-order valence-corrected chi connectivity index (χ1v) is 14.2. The van der Waals surface area contributed by atoms with Crippen LogP contribution in [0.2, 0.25) is 0 Å². The number of carbonyl (C=O) groups excluding carboxylic acids is 3. The van der Waals surface area contributed by atoms with Gasteiger partial charge in [-0.3, -0.25) is 19.4 Å². The molecule has 2 amide bonds. The Kier molecular flexibility index (Phi) is 7.45. The lowest BCUT2D eigenvalue weighted by Gasteiger charge is -2.38. The third-order valence-corrected chi connectivity index (χ3v) is 8.42. The highest BCUT2D eigenvalue weighted by Gasteiger charge is 2.48. The van der Waals surface area contributed by atoms with Gasteiger partial charge in [0.1, 0.15) is 17.6 Å². The lowest BCUT2D eigenvalue weighted by Crippen LogP contribution is -2.52. The first-order valence-electron chi connectivity index (χ1n) is 14.2. The van der Waals surface area contributed by atoms with E-state index in [1.54, 1.807) is 36.0 Å². The van der Waals surface area contributed by atoms with Crippen LogP contribution in [0.3, 0.4) is 0 Å². The molecule has 13 heteroatoms. The van der Waals surface area contributed by atoms with Gasteiger partial charge in [0.25, 0.3) is 13.3 Å². The van der Waals surface area contributed by atoms with Crippen molar-refractivity contribution < 1.29 is 18.8 Å². The number of anilines is 1. The van der Waals surface area contributed by atoms with Crippen molar-refractivity contribution >= 4 is 31.2 Å². The molecule has 4 heterocycles. The Hall–Kier alpha value is -3.87. The van der Waals surface area contributed by atoms with E-state index in [1.165, 1.54) is 7.41 Å². The summed E-state index contributed by atoms with van der Waals surface area (Å²) in [7, 11) is 1.51. The molecule has 11 nitrogen and oxygen atoms in total. The average molecular weight is 559 g/mol. The largest absolute Gasteiger partial charge is 0.339 e. The average Bonchev–Trinajstić information content (AvgIpc) is 3.85. The van der Waals surface area contributed by atoms with E-state index in [-0.39, 0.29) is 23.6 Å². The number of hydrogen-bond acceptors (Lipinski definition) is 7. The summed E-state index contributed by atoms with van der Waals surface area (Å²) in [4.78, 5) is 43.9. The normalized spacial score (nSPS) is 18.1. The quantitative estimate of drug-likeness (QED) is 0.176. The van der Waals surface area contributed by atoms with E-state index < -0.39 is 17.9 Å². The van der Waals surface area contributed by atoms with Crippen LogP contribution in [0.4, 0.5) is 10.2 Å². The number of H-pyrrole nitrogens is 1. The summed E-state index contributed by atoms with van der Waals surface area (Å²) in [5.74, 6) is -0.369. The number of carbonyl (C=O) groups is 3. The van der Waals surface area contributed by atoms with Crippen molar-refractivity contribution in [2.24, 2.45) is 23.7 Å². The van der Waals surface area contributed by atoms with Gasteiger partial charge in [-0.05, 0) is 88.6 Å². The van der Waals surface area contributed by atoms with Gasteiger partial charge >= 0.3 is 0 Å². The van der Waals surface area contributed by atoms with Crippen molar-refractivity contribution in [2.45, 2.75) is 52.1 Å². The van der Waals surface area contributed by atoms with E-state index in [1.807, 2.05) is 11.7 Å². The summed E-state index contributed by atoms with van der Waals surface area (Å²) in [5.41, 5.74) is 2.72. The number of amides is 2. The molecule has 6 rings (SSSR count). The topological polar surface area (TPSA) is 138 Å². The van der Waals surface area contributed by atoms with Gasteiger partial charge in [0, 0.05) is 35.5 Å². The number of aromatic amines is 1. The van der Waals surface area contributed by atoms with E-state index in [0.717, 1.165) is 50.7 Å². The number of halogens is 1. The highest BCUT2D eigenvalue weighted by Crippen LogP contribution is 2.51. The molecule has 2 saturated carbocycles. The zero-order valence-electron chi connectivity index (χ0n) is 23.1. The Labute approximate surface area is 237 Å². The molecule has 3 aliphatic rings. The Morgan fingerprint density at radius 2 is 1.90 bits per heavy atom. The summed E-state index contributed by atoms with van der Waals surface area (Å²) < 4.78 is 16.8. The predicted molar refractivity (Wildman–Crippen MR) is 150 cm³/mol. The van der Waals surface area contributed by atoms with Crippen molar-refractivity contribution in [3.05, 3.63) is 47.4 Å². The van der Waals surface area contributed by atoms with Crippen LogP contribution in [0.15, 0.2) is 24.4 Å². The number of pyridine rings is 1. The summed E-state index contributed by atoms with van der Waals surface area (Å²) in [5, 5.41) is 17.1. The van der Waals surface area contributed by atoms with Crippen LogP contribution in [0.5, 0.6) is 0 Å². The molecule has 1 saturated heterocycles. The summed E-state index contributed by atoms with van der Waals surface area (Å²) in [6.45, 7) is 5.58. The Balaban J connectivity index is 1.18. The zero-order valence-corrected chi connectivity index (χ0v) is 23.1. The first-order chi connectivity index (χ1) is 19.8. The zero-order chi connectivity index (χ0) is 28.7. The number of aromatic nitrogens is 5. The maximum Gasteiger partial charge on any atom is 0.293 e. The molecule has 41 heavy (non-hydrogen) atoms. The monoisotopic (exact) mass is 559 g/mol. The minimum Gasteiger partial charge on any atom is -0.339 e.